The lowest BCUT2D eigenvalue weighted by Crippen LogP contribution is -2.35. The van der Waals surface area contributed by atoms with E-state index in [1.54, 1.807) is 18.1 Å². The van der Waals surface area contributed by atoms with E-state index in [-0.39, 0.29) is 11.9 Å². The number of amides is 1. The highest BCUT2D eigenvalue weighted by Crippen LogP contribution is 2.23. The minimum atomic E-state index is -0.192. The van der Waals surface area contributed by atoms with Gasteiger partial charge in [-0.2, -0.15) is 10.2 Å². The van der Waals surface area contributed by atoms with Gasteiger partial charge < -0.3 is 10.1 Å². The lowest BCUT2D eigenvalue weighted by molar-refractivity contribution is 0.0936. The van der Waals surface area contributed by atoms with Crippen LogP contribution < -0.4 is 10.1 Å². The minimum absolute atomic E-state index is 0.0992. The fourth-order valence-electron chi connectivity index (χ4n) is 2.39. The van der Waals surface area contributed by atoms with Gasteiger partial charge in [0.15, 0.2) is 0 Å². The first kappa shape index (κ1) is 15.7. The van der Waals surface area contributed by atoms with Gasteiger partial charge >= 0.3 is 0 Å². The van der Waals surface area contributed by atoms with Gasteiger partial charge in [0.1, 0.15) is 18.4 Å². The highest BCUT2D eigenvalue weighted by Gasteiger charge is 2.17. The van der Waals surface area contributed by atoms with Crippen LogP contribution in [-0.4, -0.2) is 44.0 Å². The third kappa shape index (κ3) is 3.43. The fourth-order valence-corrected chi connectivity index (χ4v) is 2.39. The van der Waals surface area contributed by atoms with Crippen LogP contribution in [0.5, 0.6) is 5.75 Å². The van der Waals surface area contributed by atoms with Gasteiger partial charge in [-0.15, -0.1) is 0 Å². The first-order valence-electron chi connectivity index (χ1n) is 7.48. The maximum absolute atomic E-state index is 12.5. The molecule has 0 aliphatic heterocycles. The maximum Gasteiger partial charge on any atom is 0.255 e. The third-order valence-corrected chi connectivity index (χ3v) is 3.57. The summed E-state index contributed by atoms with van der Waals surface area (Å²) < 4.78 is 6.82. The summed E-state index contributed by atoms with van der Waals surface area (Å²) in [5.41, 5.74) is 2.02. The summed E-state index contributed by atoms with van der Waals surface area (Å²) in [6.07, 6.45) is 4.60. The summed E-state index contributed by atoms with van der Waals surface area (Å²) in [6, 6.07) is 7.33. The molecular weight excluding hydrogens is 308 g/mol. The lowest BCUT2D eigenvalue weighted by Gasteiger charge is -2.13. The maximum atomic E-state index is 12.5. The Hall–Kier alpha value is -3.16. The molecule has 8 heteroatoms. The van der Waals surface area contributed by atoms with Gasteiger partial charge in [-0.05, 0) is 31.2 Å². The predicted molar refractivity (Wildman–Crippen MR) is 87.5 cm³/mol. The van der Waals surface area contributed by atoms with Crippen molar-refractivity contribution in [3.63, 3.8) is 0 Å². The molecule has 0 fully saturated rings. The van der Waals surface area contributed by atoms with Crippen molar-refractivity contribution in [1.82, 2.24) is 30.3 Å². The minimum Gasteiger partial charge on any atom is -0.497 e. The molecule has 0 radical (unpaired) electrons. The van der Waals surface area contributed by atoms with E-state index in [2.05, 4.69) is 25.6 Å². The molecule has 1 aromatic carbocycles. The molecule has 3 rings (SSSR count). The van der Waals surface area contributed by atoms with Gasteiger partial charge in [0.05, 0.1) is 31.1 Å². The van der Waals surface area contributed by atoms with Crippen molar-refractivity contribution < 1.29 is 9.53 Å². The summed E-state index contributed by atoms with van der Waals surface area (Å²) >= 11 is 0. The molecule has 1 atom stereocenters. The van der Waals surface area contributed by atoms with E-state index in [1.807, 2.05) is 31.2 Å². The Kier molecular flexibility index (Phi) is 4.55. The van der Waals surface area contributed by atoms with Crippen LogP contribution in [0.25, 0.3) is 11.3 Å². The average molecular weight is 326 g/mol. The van der Waals surface area contributed by atoms with E-state index < -0.39 is 0 Å². The van der Waals surface area contributed by atoms with Gasteiger partial charge in [-0.3, -0.25) is 14.6 Å². The predicted octanol–water partition coefficient (Wildman–Crippen LogP) is 1.50. The van der Waals surface area contributed by atoms with E-state index in [0.717, 1.165) is 11.3 Å². The van der Waals surface area contributed by atoms with Crippen molar-refractivity contribution in [2.24, 2.45) is 0 Å². The Morgan fingerprint density at radius 2 is 2.17 bits per heavy atom. The van der Waals surface area contributed by atoms with Crippen LogP contribution in [0.2, 0.25) is 0 Å². The molecule has 1 unspecified atom stereocenters. The molecule has 24 heavy (non-hydrogen) atoms. The summed E-state index contributed by atoms with van der Waals surface area (Å²) in [5.74, 6) is 0.563. The molecule has 8 nitrogen and oxygen atoms in total. The second-order valence-electron chi connectivity index (χ2n) is 5.38. The average Bonchev–Trinajstić information content (AvgIpc) is 3.26. The normalized spacial score (nSPS) is 11.9. The van der Waals surface area contributed by atoms with Crippen molar-refractivity contribution in [2.45, 2.75) is 19.5 Å². The molecule has 2 aromatic heterocycles. The molecule has 0 aliphatic carbocycles. The molecule has 0 saturated carbocycles. The van der Waals surface area contributed by atoms with Gasteiger partial charge in [-0.1, -0.05) is 0 Å². The smallest absolute Gasteiger partial charge is 0.255 e. The fraction of sp³-hybridized carbons (Fsp3) is 0.250. The van der Waals surface area contributed by atoms with Crippen LogP contribution in [0.3, 0.4) is 0 Å². The van der Waals surface area contributed by atoms with Gasteiger partial charge in [0.2, 0.25) is 0 Å². The number of aromatic amines is 1. The topological polar surface area (TPSA) is 97.7 Å². The number of nitrogens with zero attached hydrogens (tertiary/aromatic N) is 4. The number of hydrogen-bond acceptors (Lipinski definition) is 5. The molecule has 124 valence electrons. The second kappa shape index (κ2) is 6.95. The Morgan fingerprint density at radius 1 is 1.38 bits per heavy atom. The number of carbonyl (C=O) groups is 1. The standard InChI is InChI=1S/C16H18N6O2/c1-11(8-22-10-17-9-19-22)20-16(23)14-7-18-21-15(14)12-3-5-13(24-2)6-4-12/h3-7,9-11H,8H2,1-2H3,(H,18,21)(H,20,23). The number of H-pyrrole nitrogens is 1. The summed E-state index contributed by atoms with van der Waals surface area (Å²) in [6.45, 7) is 2.45. The number of aromatic nitrogens is 5. The summed E-state index contributed by atoms with van der Waals surface area (Å²) in [5, 5.41) is 13.9. The van der Waals surface area contributed by atoms with Crippen molar-refractivity contribution in [3.05, 3.63) is 48.7 Å². The van der Waals surface area contributed by atoms with Crippen molar-refractivity contribution in [3.8, 4) is 17.0 Å². The molecule has 2 heterocycles. The van der Waals surface area contributed by atoms with E-state index in [0.29, 0.717) is 17.8 Å². The van der Waals surface area contributed by atoms with Crippen LogP contribution in [-0.2, 0) is 6.54 Å². The van der Waals surface area contributed by atoms with E-state index >= 15 is 0 Å². The van der Waals surface area contributed by atoms with Crippen LogP contribution in [0.1, 0.15) is 17.3 Å². The van der Waals surface area contributed by atoms with Gasteiger partial charge in [0, 0.05) is 11.6 Å². The first-order chi connectivity index (χ1) is 11.7. The molecular formula is C16H18N6O2. The molecule has 3 aromatic rings. The molecule has 0 saturated heterocycles. The summed E-state index contributed by atoms with van der Waals surface area (Å²) in [7, 11) is 1.61. The number of rotatable bonds is 6. The van der Waals surface area contributed by atoms with Crippen molar-refractivity contribution in [1.29, 1.82) is 0 Å². The number of ether oxygens (including phenoxy) is 1. The first-order valence-corrected chi connectivity index (χ1v) is 7.48. The third-order valence-electron chi connectivity index (χ3n) is 3.57. The quantitative estimate of drug-likeness (QED) is 0.715. The monoisotopic (exact) mass is 326 g/mol. The van der Waals surface area contributed by atoms with Crippen LogP contribution >= 0.6 is 0 Å². The van der Waals surface area contributed by atoms with Crippen molar-refractivity contribution >= 4 is 5.91 Å². The van der Waals surface area contributed by atoms with Gasteiger partial charge in [0.25, 0.3) is 5.91 Å². The zero-order valence-corrected chi connectivity index (χ0v) is 13.4. The zero-order valence-electron chi connectivity index (χ0n) is 13.4. The van der Waals surface area contributed by atoms with Crippen LogP contribution in [0.15, 0.2) is 43.1 Å². The van der Waals surface area contributed by atoms with Crippen LogP contribution in [0, 0.1) is 0 Å². The SMILES string of the molecule is COc1ccc(-c2[nH]ncc2C(=O)NC(C)Cn2cncn2)cc1. The van der Waals surface area contributed by atoms with Crippen LogP contribution in [0.4, 0.5) is 0 Å². The number of benzene rings is 1. The number of hydrogen-bond donors (Lipinski definition) is 2. The molecule has 0 aliphatic rings. The van der Waals surface area contributed by atoms with E-state index in [4.69, 9.17) is 4.74 Å². The Balaban J connectivity index is 1.72. The van der Waals surface area contributed by atoms with Crippen molar-refractivity contribution in [2.75, 3.05) is 7.11 Å². The molecule has 0 bridgehead atoms. The van der Waals surface area contributed by atoms with E-state index in [1.165, 1.54) is 12.5 Å². The highest BCUT2D eigenvalue weighted by molar-refractivity contribution is 5.99. The zero-order chi connectivity index (χ0) is 16.9. The number of methoxy groups -OCH3 is 1. The molecule has 1 amide bonds. The second-order valence-corrected chi connectivity index (χ2v) is 5.38. The Bertz CT molecular complexity index is 794. The number of nitrogens with one attached hydrogen (secondary N) is 2. The molecule has 2 N–H and O–H groups in total. The lowest BCUT2D eigenvalue weighted by atomic mass is 10.1. The Labute approximate surface area is 138 Å². The molecule has 0 spiro atoms. The number of carbonyl (C=O) groups excluding carboxylic acids is 1. The van der Waals surface area contributed by atoms with Gasteiger partial charge in [-0.25, -0.2) is 4.98 Å². The Morgan fingerprint density at radius 3 is 2.83 bits per heavy atom. The largest absolute Gasteiger partial charge is 0.497 e. The highest BCUT2D eigenvalue weighted by atomic mass is 16.5. The van der Waals surface area contributed by atoms with E-state index in [9.17, 15) is 4.79 Å². The summed E-state index contributed by atoms with van der Waals surface area (Å²) in [4.78, 5) is 16.4.